The molecule has 2 heteroatoms. The van der Waals surface area contributed by atoms with E-state index in [0.717, 1.165) is 24.6 Å². The number of rotatable bonds is 2. The van der Waals surface area contributed by atoms with E-state index in [2.05, 4.69) is 26.1 Å². The Bertz CT molecular complexity index is 503. The fourth-order valence-electron chi connectivity index (χ4n) is 3.80. The average molecular weight is 259 g/mol. The number of hydrogen-bond acceptors (Lipinski definition) is 2. The third-order valence-corrected chi connectivity index (χ3v) is 5.34. The number of hydrogen-bond donors (Lipinski definition) is 1. The molecule has 1 atom stereocenters. The van der Waals surface area contributed by atoms with E-state index >= 15 is 0 Å². The predicted molar refractivity (Wildman–Crippen MR) is 79.0 cm³/mol. The standard InChI is InChI=1S/C17H25NO/c1-10-11(2)15-14(17(19-4)12(10)3)8-9-18-16(15)13-6-5-7-13/h13,16,18H,5-9H2,1-4H3. The summed E-state index contributed by atoms with van der Waals surface area (Å²) in [7, 11) is 1.82. The summed E-state index contributed by atoms with van der Waals surface area (Å²) < 4.78 is 5.73. The molecule has 19 heavy (non-hydrogen) atoms. The van der Waals surface area contributed by atoms with Crippen molar-refractivity contribution in [3.63, 3.8) is 0 Å². The number of ether oxygens (including phenoxy) is 1. The molecule has 0 radical (unpaired) electrons. The van der Waals surface area contributed by atoms with Crippen molar-refractivity contribution in [3.8, 4) is 5.75 Å². The Morgan fingerprint density at radius 3 is 2.37 bits per heavy atom. The molecule has 1 aromatic carbocycles. The minimum absolute atomic E-state index is 0.561. The Labute approximate surface area is 116 Å². The van der Waals surface area contributed by atoms with Gasteiger partial charge in [0.25, 0.3) is 0 Å². The smallest absolute Gasteiger partial charge is 0.125 e. The second kappa shape index (κ2) is 4.82. The summed E-state index contributed by atoms with van der Waals surface area (Å²) in [5.41, 5.74) is 7.24. The summed E-state index contributed by atoms with van der Waals surface area (Å²) in [6, 6.07) is 0.561. The van der Waals surface area contributed by atoms with Crippen molar-refractivity contribution in [2.45, 2.75) is 52.5 Å². The molecular weight excluding hydrogens is 234 g/mol. The Hall–Kier alpha value is -1.02. The maximum absolute atomic E-state index is 5.73. The van der Waals surface area contributed by atoms with Crippen LogP contribution < -0.4 is 10.1 Å². The van der Waals surface area contributed by atoms with Gasteiger partial charge in [0.05, 0.1) is 7.11 Å². The molecular formula is C17H25NO. The van der Waals surface area contributed by atoms with Crippen molar-refractivity contribution < 1.29 is 4.74 Å². The third kappa shape index (κ3) is 1.88. The highest BCUT2D eigenvalue weighted by atomic mass is 16.5. The summed E-state index contributed by atoms with van der Waals surface area (Å²) >= 11 is 0. The van der Waals surface area contributed by atoms with E-state index in [1.165, 1.54) is 41.5 Å². The molecule has 1 aliphatic carbocycles. The lowest BCUT2D eigenvalue weighted by atomic mass is 9.72. The highest BCUT2D eigenvalue weighted by Crippen LogP contribution is 2.45. The van der Waals surface area contributed by atoms with Crippen molar-refractivity contribution in [3.05, 3.63) is 27.8 Å². The van der Waals surface area contributed by atoms with Crippen LogP contribution in [0.25, 0.3) is 0 Å². The van der Waals surface area contributed by atoms with Gasteiger partial charge in [0.2, 0.25) is 0 Å². The van der Waals surface area contributed by atoms with Crippen LogP contribution in [0.4, 0.5) is 0 Å². The molecule has 2 aliphatic rings. The van der Waals surface area contributed by atoms with Gasteiger partial charge in [-0.3, -0.25) is 0 Å². The fourth-order valence-corrected chi connectivity index (χ4v) is 3.80. The molecule has 1 fully saturated rings. The van der Waals surface area contributed by atoms with Crippen LogP contribution in [-0.2, 0) is 6.42 Å². The van der Waals surface area contributed by atoms with Gasteiger partial charge in [-0.2, -0.15) is 0 Å². The molecule has 0 amide bonds. The molecule has 104 valence electrons. The van der Waals surface area contributed by atoms with E-state index < -0.39 is 0 Å². The normalized spacial score (nSPS) is 22.8. The first kappa shape index (κ1) is 13.0. The summed E-state index contributed by atoms with van der Waals surface area (Å²) in [5.74, 6) is 1.98. The Morgan fingerprint density at radius 1 is 1.05 bits per heavy atom. The summed E-state index contributed by atoms with van der Waals surface area (Å²) in [6.45, 7) is 7.81. The number of benzene rings is 1. The van der Waals surface area contributed by atoms with Crippen molar-refractivity contribution in [2.75, 3.05) is 13.7 Å². The lowest BCUT2D eigenvalue weighted by molar-refractivity contribution is 0.223. The van der Waals surface area contributed by atoms with Crippen molar-refractivity contribution >= 4 is 0 Å². The maximum atomic E-state index is 5.73. The monoisotopic (exact) mass is 259 g/mol. The van der Waals surface area contributed by atoms with Crippen LogP contribution in [0.3, 0.4) is 0 Å². The van der Waals surface area contributed by atoms with E-state index in [4.69, 9.17) is 4.74 Å². The van der Waals surface area contributed by atoms with Gasteiger partial charge >= 0.3 is 0 Å². The zero-order valence-corrected chi connectivity index (χ0v) is 12.6. The first-order chi connectivity index (χ1) is 9.15. The summed E-state index contributed by atoms with van der Waals surface area (Å²) in [4.78, 5) is 0. The zero-order chi connectivity index (χ0) is 13.6. The van der Waals surface area contributed by atoms with Crippen molar-refractivity contribution in [2.24, 2.45) is 5.92 Å². The molecule has 1 N–H and O–H groups in total. The first-order valence-corrected chi connectivity index (χ1v) is 7.55. The second-order valence-corrected chi connectivity index (χ2v) is 6.17. The van der Waals surface area contributed by atoms with Gasteiger partial charge in [-0.25, -0.2) is 0 Å². The van der Waals surface area contributed by atoms with E-state index in [1.807, 2.05) is 7.11 Å². The molecule has 1 heterocycles. The minimum atomic E-state index is 0.561. The highest BCUT2D eigenvalue weighted by Gasteiger charge is 2.34. The second-order valence-electron chi connectivity index (χ2n) is 6.17. The molecule has 1 saturated carbocycles. The van der Waals surface area contributed by atoms with Crippen LogP contribution in [-0.4, -0.2) is 13.7 Å². The van der Waals surface area contributed by atoms with Gasteiger partial charge in [0.15, 0.2) is 0 Å². The van der Waals surface area contributed by atoms with Crippen LogP contribution in [0.5, 0.6) is 5.75 Å². The summed E-state index contributed by atoms with van der Waals surface area (Å²) in [6.07, 6.45) is 5.26. The van der Waals surface area contributed by atoms with Crippen molar-refractivity contribution in [1.29, 1.82) is 0 Å². The molecule has 0 aromatic heterocycles. The zero-order valence-electron chi connectivity index (χ0n) is 12.6. The van der Waals surface area contributed by atoms with Crippen LogP contribution in [0.2, 0.25) is 0 Å². The molecule has 1 aromatic rings. The van der Waals surface area contributed by atoms with Crippen LogP contribution in [0.15, 0.2) is 0 Å². The van der Waals surface area contributed by atoms with Gasteiger partial charge in [-0.1, -0.05) is 6.42 Å². The van der Waals surface area contributed by atoms with Gasteiger partial charge in [-0.05, 0) is 74.8 Å². The average Bonchev–Trinajstić information content (AvgIpc) is 2.35. The molecule has 0 bridgehead atoms. The Kier molecular flexibility index (Phi) is 3.30. The van der Waals surface area contributed by atoms with E-state index in [0.29, 0.717) is 6.04 Å². The largest absolute Gasteiger partial charge is 0.496 e. The van der Waals surface area contributed by atoms with E-state index in [-0.39, 0.29) is 0 Å². The molecule has 0 saturated heterocycles. The topological polar surface area (TPSA) is 21.3 Å². The molecule has 1 unspecified atom stereocenters. The van der Waals surface area contributed by atoms with Crippen LogP contribution in [0, 0.1) is 26.7 Å². The predicted octanol–water partition coefficient (Wildman–Crippen LogP) is 3.61. The SMILES string of the molecule is COc1c(C)c(C)c(C)c2c1CCNC2C1CCC1. The minimum Gasteiger partial charge on any atom is -0.496 e. The fraction of sp³-hybridized carbons (Fsp3) is 0.647. The van der Waals surface area contributed by atoms with E-state index in [1.54, 1.807) is 5.56 Å². The number of methoxy groups -OCH3 is 1. The highest BCUT2D eigenvalue weighted by molar-refractivity contribution is 5.56. The Balaban J connectivity index is 2.16. The summed E-state index contributed by atoms with van der Waals surface area (Å²) in [5, 5.41) is 3.76. The van der Waals surface area contributed by atoms with Gasteiger partial charge in [0.1, 0.15) is 5.75 Å². The molecule has 0 spiro atoms. The third-order valence-electron chi connectivity index (χ3n) is 5.34. The number of nitrogens with one attached hydrogen (secondary N) is 1. The van der Waals surface area contributed by atoms with Crippen molar-refractivity contribution in [1.82, 2.24) is 5.32 Å². The molecule has 2 nitrogen and oxygen atoms in total. The van der Waals surface area contributed by atoms with Gasteiger partial charge < -0.3 is 10.1 Å². The molecule has 3 rings (SSSR count). The van der Waals surface area contributed by atoms with E-state index in [9.17, 15) is 0 Å². The lowest BCUT2D eigenvalue weighted by Crippen LogP contribution is -2.38. The Morgan fingerprint density at radius 2 is 1.79 bits per heavy atom. The van der Waals surface area contributed by atoms with Gasteiger partial charge in [0, 0.05) is 11.6 Å². The van der Waals surface area contributed by atoms with Crippen LogP contribution >= 0.6 is 0 Å². The molecule has 1 aliphatic heterocycles. The quantitative estimate of drug-likeness (QED) is 0.876. The lowest BCUT2D eigenvalue weighted by Gasteiger charge is -2.40. The van der Waals surface area contributed by atoms with Gasteiger partial charge in [-0.15, -0.1) is 0 Å². The maximum Gasteiger partial charge on any atom is 0.125 e. The number of fused-ring (bicyclic) bond motifs is 1. The van der Waals surface area contributed by atoms with Crippen LogP contribution in [0.1, 0.15) is 53.1 Å². The first-order valence-electron chi connectivity index (χ1n) is 7.55.